The first-order valence-corrected chi connectivity index (χ1v) is 10.7. The van der Waals surface area contributed by atoms with E-state index in [0.717, 1.165) is 57.8 Å². The predicted molar refractivity (Wildman–Crippen MR) is 105 cm³/mol. The smallest absolute Gasteiger partial charge is 0.305 e. The van der Waals surface area contributed by atoms with Crippen molar-refractivity contribution >= 4 is 5.97 Å². The van der Waals surface area contributed by atoms with Crippen LogP contribution >= 0.6 is 0 Å². The molecule has 0 heterocycles. The number of esters is 1. The number of carbonyl (C=O) groups is 1. The van der Waals surface area contributed by atoms with E-state index in [2.05, 4.69) is 6.92 Å². The maximum Gasteiger partial charge on any atom is 0.305 e. The Balaban J connectivity index is 3.28. The van der Waals surface area contributed by atoms with Crippen molar-refractivity contribution < 1.29 is 24.9 Å². The lowest BCUT2D eigenvalue weighted by Crippen LogP contribution is -2.21. The van der Waals surface area contributed by atoms with Gasteiger partial charge in [-0.2, -0.15) is 0 Å². The van der Waals surface area contributed by atoms with Crippen LogP contribution in [0.2, 0.25) is 0 Å². The van der Waals surface area contributed by atoms with E-state index in [-0.39, 0.29) is 25.3 Å². The predicted octanol–water partition coefficient (Wildman–Crippen LogP) is 4.12. The minimum absolute atomic E-state index is 0.129. The number of unbranched alkanes of at least 4 members (excludes halogenated alkanes) is 10. The van der Waals surface area contributed by atoms with Crippen LogP contribution in [-0.2, 0) is 9.53 Å². The molecular weight excluding hydrogens is 332 g/mol. The van der Waals surface area contributed by atoms with Crippen molar-refractivity contribution in [2.45, 2.75) is 115 Å². The summed E-state index contributed by atoms with van der Waals surface area (Å²) >= 11 is 0. The summed E-state index contributed by atoms with van der Waals surface area (Å²) in [6.07, 6.45) is 15.0. The molecule has 2 unspecified atom stereocenters. The van der Waals surface area contributed by atoms with Crippen molar-refractivity contribution in [3.63, 3.8) is 0 Å². The minimum Gasteiger partial charge on any atom is -0.463 e. The minimum atomic E-state index is -0.977. The van der Waals surface area contributed by atoms with Gasteiger partial charge in [0.15, 0.2) is 0 Å². The van der Waals surface area contributed by atoms with E-state index in [1.807, 2.05) is 0 Å². The van der Waals surface area contributed by atoms with E-state index in [1.54, 1.807) is 0 Å². The lowest BCUT2D eigenvalue weighted by molar-refractivity contribution is -0.147. The Morgan fingerprint density at radius 2 is 1.27 bits per heavy atom. The highest BCUT2D eigenvalue weighted by atomic mass is 16.5. The van der Waals surface area contributed by atoms with Gasteiger partial charge in [-0.15, -0.1) is 0 Å². The normalized spacial score (nSPS) is 13.5. The second-order valence-electron chi connectivity index (χ2n) is 7.39. The zero-order valence-electron chi connectivity index (χ0n) is 16.8. The van der Waals surface area contributed by atoms with Gasteiger partial charge in [0.2, 0.25) is 0 Å². The number of hydrogen-bond acceptors (Lipinski definition) is 5. The molecule has 0 fully saturated rings. The van der Waals surface area contributed by atoms with E-state index in [4.69, 9.17) is 14.9 Å². The number of hydrogen-bond donors (Lipinski definition) is 3. The standard InChI is InChI=1S/C21H42O5/c1-2-3-4-5-8-11-14-19(23)15-12-9-6-7-10-13-16-21(25)26-18-20(24)17-22/h19-20,22-24H,2-18H2,1H3. The molecule has 0 aliphatic rings. The Morgan fingerprint density at radius 3 is 1.81 bits per heavy atom. The van der Waals surface area contributed by atoms with Crippen molar-refractivity contribution in [2.75, 3.05) is 13.2 Å². The van der Waals surface area contributed by atoms with E-state index < -0.39 is 6.10 Å². The van der Waals surface area contributed by atoms with Crippen LogP contribution in [0.15, 0.2) is 0 Å². The number of rotatable bonds is 19. The van der Waals surface area contributed by atoms with Gasteiger partial charge in [-0.1, -0.05) is 77.6 Å². The summed E-state index contributed by atoms with van der Waals surface area (Å²) in [6.45, 7) is 1.71. The van der Waals surface area contributed by atoms with Crippen LogP contribution in [0.3, 0.4) is 0 Å². The fraction of sp³-hybridized carbons (Fsp3) is 0.952. The first-order chi connectivity index (χ1) is 12.6. The van der Waals surface area contributed by atoms with Gasteiger partial charge >= 0.3 is 5.97 Å². The van der Waals surface area contributed by atoms with Crippen LogP contribution in [-0.4, -0.2) is 46.7 Å². The molecule has 2 atom stereocenters. The fourth-order valence-electron chi connectivity index (χ4n) is 2.98. The maximum absolute atomic E-state index is 11.4. The molecule has 3 N–H and O–H groups in total. The Bertz CT molecular complexity index is 309. The van der Waals surface area contributed by atoms with E-state index >= 15 is 0 Å². The fourth-order valence-corrected chi connectivity index (χ4v) is 2.98. The van der Waals surface area contributed by atoms with Gasteiger partial charge in [0.1, 0.15) is 12.7 Å². The van der Waals surface area contributed by atoms with Crippen molar-refractivity contribution in [1.82, 2.24) is 0 Å². The van der Waals surface area contributed by atoms with Gasteiger partial charge in [0.05, 0.1) is 12.7 Å². The Morgan fingerprint density at radius 1 is 0.769 bits per heavy atom. The molecule has 0 aromatic carbocycles. The van der Waals surface area contributed by atoms with Crippen LogP contribution in [0.25, 0.3) is 0 Å². The Kier molecular flexibility index (Phi) is 18.6. The second kappa shape index (κ2) is 19.1. The van der Waals surface area contributed by atoms with Crippen molar-refractivity contribution in [2.24, 2.45) is 0 Å². The summed E-state index contributed by atoms with van der Waals surface area (Å²) in [5.74, 6) is -0.310. The molecule has 0 aromatic heterocycles. The SMILES string of the molecule is CCCCCCCCC(O)CCCCCCCCC(=O)OCC(O)CO. The molecule has 0 radical (unpaired) electrons. The maximum atomic E-state index is 11.4. The summed E-state index contributed by atoms with van der Waals surface area (Å²) in [7, 11) is 0. The second-order valence-corrected chi connectivity index (χ2v) is 7.39. The van der Waals surface area contributed by atoms with Crippen molar-refractivity contribution in [3.05, 3.63) is 0 Å². The number of carbonyl (C=O) groups excluding carboxylic acids is 1. The third kappa shape index (κ3) is 18.2. The number of aliphatic hydroxyl groups excluding tert-OH is 3. The summed E-state index contributed by atoms with van der Waals surface area (Å²) in [5.41, 5.74) is 0. The largest absolute Gasteiger partial charge is 0.463 e. The molecule has 26 heavy (non-hydrogen) atoms. The summed E-state index contributed by atoms with van der Waals surface area (Å²) in [6, 6.07) is 0. The van der Waals surface area contributed by atoms with Crippen LogP contribution in [0.4, 0.5) is 0 Å². The summed E-state index contributed by atoms with van der Waals surface area (Å²) in [4.78, 5) is 11.4. The quantitative estimate of drug-likeness (QED) is 0.234. The monoisotopic (exact) mass is 374 g/mol. The number of aliphatic hydroxyl groups is 3. The molecule has 5 heteroatoms. The van der Waals surface area contributed by atoms with E-state index in [9.17, 15) is 9.90 Å². The van der Waals surface area contributed by atoms with Crippen LogP contribution in [0.5, 0.6) is 0 Å². The molecule has 0 aliphatic carbocycles. The number of ether oxygens (including phenoxy) is 1. The van der Waals surface area contributed by atoms with Crippen molar-refractivity contribution in [1.29, 1.82) is 0 Å². The van der Waals surface area contributed by atoms with Gasteiger partial charge in [0, 0.05) is 6.42 Å². The van der Waals surface area contributed by atoms with Gasteiger partial charge in [0.25, 0.3) is 0 Å². The zero-order chi connectivity index (χ0) is 19.5. The van der Waals surface area contributed by atoms with Crippen molar-refractivity contribution in [3.8, 4) is 0 Å². The lowest BCUT2D eigenvalue weighted by atomic mass is 10.0. The lowest BCUT2D eigenvalue weighted by Gasteiger charge is -2.10. The van der Waals surface area contributed by atoms with Gasteiger partial charge in [-0.3, -0.25) is 4.79 Å². The molecule has 0 aliphatic heterocycles. The molecule has 0 spiro atoms. The third-order valence-electron chi connectivity index (χ3n) is 4.71. The van der Waals surface area contributed by atoms with Gasteiger partial charge in [-0.05, 0) is 19.3 Å². The Hall–Kier alpha value is -0.650. The molecule has 5 nitrogen and oxygen atoms in total. The van der Waals surface area contributed by atoms with Crippen LogP contribution in [0, 0.1) is 0 Å². The van der Waals surface area contributed by atoms with Gasteiger partial charge in [-0.25, -0.2) is 0 Å². The zero-order valence-corrected chi connectivity index (χ0v) is 16.8. The van der Waals surface area contributed by atoms with Crippen LogP contribution in [0.1, 0.15) is 103 Å². The average Bonchev–Trinajstić information content (AvgIpc) is 2.64. The highest BCUT2D eigenvalue weighted by molar-refractivity contribution is 5.69. The molecule has 156 valence electrons. The molecule has 0 saturated carbocycles. The highest BCUT2D eigenvalue weighted by Gasteiger charge is 2.07. The highest BCUT2D eigenvalue weighted by Crippen LogP contribution is 2.14. The summed E-state index contributed by atoms with van der Waals surface area (Å²) in [5, 5.41) is 27.7. The molecule has 0 saturated heterocycles. The first kappa shape index (κ1) is 25.4. The molecule has 0 aromatic rings. The molecule has 0 amide bonds. The topological polar surface area (TPSA) is 87.0 Å². The molecule has 0 rings (SSSR count). The van der Waals surface area contributed by atoms with Gasteiger partial charge < -0.3 is 20.1 Å². The summed E-state index contributed by atoms with van der Waals surface area (Å²) < 4.78 is 4.85. The van der Waals surface area contributed by atoms with E-state index in [1.165, 1.54) is 32.1 Å². The Labute approximate surface area is 160 Å². The van der Waals surface area contributed by atoms with E-state index in [0.29, 0.717) is 6.42 Å². The molecule has 0 bridgehead atoms. The van der Waals surface area contributed by atoms with Crippen LogP contribution < -0.4 is 0 Å². The average molecular weight is 375 g/mol. The third-order valence-corrected chi connectivity index (χ3v) is 4.71. The first-order valence-electron chi connectivity index (χ1n) is 10.7. The molecular formula is C21H42O5.